The molecule has 1 aliphatic rings. The fraction of sp³-hybridized carbons (Fsp3) is 0.318. The molecule has 1 saturated heterocycles. The highest BCUT2D eigenvalue weighted by molar-refractivity contribution is 6.09. The highest BCUT2D eigenvalue weighted by Crippen LogP contribution is 2.31. The van der Waals surface area contributed by atoms with Gasteiger partial charge < -0.3 is 5.32 Å². The van der Waals surface area contributed by atoms with Gasteiger partial charge in [-0.15, -0.1) is 0 Å². The molecule has 1 atom stereocenters. The molecule has 0 spiro atoms. The molecule has 0 aliphatic carbocycles. The molecule has 1 heterocycles. The van der Waals surface area contributed by atoms with Crippen LogP contribution >= 0.6 is 0 Å². The maximum atomic E-state index is 13.0. The Kier molecular flexibility index (Phi) is 5.49. The fourth-order valence-corrected chi connectivity index (χ4v) is 3.47. The van der Waals surface area contributed by atoms with Crippen molar-refractivity contribution in [2.45, 2.75) is 39.2 Å². The number of amides is 4. The molecule has 2 aromatic carbocycles. The van der Waals surface area contributed by atoms with Crippen LogP contribution in [0.5, 0.6) is 0 Å². The maximum absolute atomic E-state index is 13.0. The van der Waals surface area contributed by atoms with Gasteiger partial charge in [-0.25, -0.2) is 4.79 Å². The van der Waals surface area contributed by atoms with E-state index in [0.29, 0.717) is 23.5 Å². The van der Waals surface area contributed by atoms with Gasteiger partial charge in [-0.3, -0.25) is 15.0 Å². The summed E-state index contributed by atoms with van der Waals surface area (Å²) in [6.07, 6.45) is 1.29. The van der Waals surface area contributed by atoms with E-state index in [1.165, 1.54) is 0 Å². The van der Waals surface area contributed by atoms with Gasteiger partial charge in [0.2, 0.25) is 0 Å². The first-order valence-electron chi connectivity index (χ1n) is 9.49. The predicted molar refractivity (Wildman–Crippen MR) is 106 cm³/mol. The van der Waals surface area contributed by atoms with E-state index < -0.39 is 23.4 Å². The summed E-state index contributed by atoms with van der Waals surface area (Å²) in [7, 11) is 0. The first-order valence-corrected chi connectivity index (χ1v) is 9.49. The largest absolute Gasteiger partial charge is 0.344 e. The molecule has 146 valence electrons. The molecule has 0 aromatic heterocycles. The average Bonchev–Trinajstić information content (AvgIpc) is 2.94. The molecule has 1 aliphatic heterocycles. The molecule has 0 saturated carbocycles. The predicted octanol–water partition coefficient (Wildman–Crippen LogP) is 3.39. The minimum absolute atomic E-state index is 0.373. The van der Waals surface area contributed by atoms with Crippen molar-refractivity contribution in [2.75, 3.05) is 0 Å². The number of imide groups is 1. The van der Waals surface area contributed by atoms with Crippen LogP contribution in [-0.2, 0) is 16.8 Å². The Bertz CT molecular complexity index is 878. The fourth-order valence-electron chi connectivity index (χ4n) is 3.47. The van der Waals surface area contributed by atoms with Crippen molar-refractivity contribution in [1.82, 2.24) is 15.8 Å². The molecule has 6 nitrogen and oxygen atoms in total. The Morgan fingerprint density at radius 2 is 1.71 bits per heavy atom. The summed E-state index contributed by atoms with van der Waals surface area (Å²) in [5.41, 5.74) is 3.48. The Labute approximate surface area is 164 Å². The van der Waals surface area contributed by atoms with Gasteiger partial charge in [0.05, 0.1) is 0 Å². The van der Waals surface area contributed by atoms with Crippen LogP contribution in [0.2, 0.25) is 0 Å². The van der Waals surface area contributed by atoms with Crippen molar-refractivity contribution in [3.05, 3.63) is 71.3 Å². The maximum Gasteiger partial charge on any atom is 0.344 e. The second-order valence-corrected chi connectivity index (χ2v) is 7.43. The molecule has 6 heteroatoms. The summed E-state index contributed by atoms with van der Waals surface area (Å²) in [5.74, 6) is -0.471. The average molecular weight is 379 g/mol. The number of hydrogen-bond acceptors (Lipinski definition) is 3. The highest BCUT2D eigenvalue weighted by Gasteiger charge is 2.52. The molecular formula is C22H25N3O3. The van der Waals surface area contributed by atoms with Crippen molar-refractivity contribution >= 4 is 17.8 Å². The van der Waals surface area contributed by atoms with Crippen molar-refractivity contribution in [2.24, 2.45) is 5.92 Å². The lowest BCUT2D eigenvalue weighted by Crippen LogP contribution is -2.48. The minimum Gasteiger partial charge on any atom is -0.318 e. The Morgan fingerprint density at radius 3 is 2.29 bits per heavy atom. The van der Waals surface area contributed by atoms with Crippen LogP contribution in [-0.4, -0.2) is 22.9 Å². The van der Waals surface area contributed by atoms with Crippen LogP contribution in [0.1, 0.15) is 48.7 Å². The molecular weight excluding hydrogens is 354 g/mol. The van der Waals surface area contributed by atoms with Gasteiger partial charge in [-0.1, -0.05) is 63.2 Å². The van der Waals surface area contributed by atoms with Gasteiger partial charge in [0.1, 0.15) is 5.54 Å². The summed E-state index contributed by atoms with van der Waals surface area (Å²) in [6.45, 7) is 6.08. The number of rotatable bonds is 6. The summed E-state index contributed by atoms with van der Waals surface area (Å²) in [4.78, 5) is 38.1. The summed E-state index contributed by atoms with van der Waals surface area (Å²) < 4.78 is 0. The Hall–Kier alpha value is -3.15. The smallest absolute Gasteiger partial charge is 0.318 e. The number of nitrogens with zero attached hydrogens (tertiary/aromatic N) is 1. The first kappa shape index (κ1) is 19.6. The van der Waals surface area contributed by atoms with E-state index in [2.05, 4.69) is 24.6 Å². The Morgan fingerprint density at radius 1 is 1.07 bits per heavy atom. The number of carbonyl (C=O) groups is 3. The zero-order chi connectivity index (χ0) is 20.3. The van der Waals surface area contributed by atoms with Crippen molar-refractivity contribution in [3.63, 3.8) is 0 Å². The van der Waals surface area contributed by atoms with E-state index in [1.807, 2.05) is 37.3 Å². The van der Waals surface area contributed by atoms with Crippen molar-refractivity contribution in [1.29, 1.82) is 0 Å². The van der Waals surface area contributed by atoms with Gasteiger partial charge in [0, 0.05) is 5.56 Å². The standard InChI is InChI=1S/C22H25N3O3/c1-4-22(18-8-6-5-7-9-18)20(27)25(21(28)23-22)24-19(26)17-12-10-16(11-13-17)14-15(2)3/h5-13,15H,4,14H2,1-3H3,(H,23,28)(H,24,26)/t22-/m0/s1. The van der Waals surface area contributed by atoms with E-state index in [0.717, 1.165) is 17.0 Å². The van der Waals surface area contributed by atoms with Gasteiger partial charge in [0.15, 0.2) is 0 Å². The van der Waals surface area contributed by atoms with E-state index in [-0.39, 0.29) is 0 Å². The third kappa shape index (κ3) is 3.63. The van der Waals surface area contributed by atoms with Gasteiger partial charge >= 0.3 is 6.03 Å². The van der Waals surface area contributed by atoms with Crippen LogP contribution in [0.3, 0.4) is 0 Å². The summed E-state index contributed by atoms with van der Waals surface area (Å²) in [5, 5.41) is 3.52. The lowest BCUT2D eigenvalue weighted by atomic mass is 9.87. The molecule has 2 N–H and O–H groups in total. The molecule has 2 aromatic rings. The zero-order valence-corrected chi connectivity index (χ0v) is 16.4. The molecule has 0 unspecified atom stereocenters. The van der Waals surface area contributed by atoms with Crippen LogP contribution in [0.15, 0.2) is 54.6 Å². The van der Waals surface area contributed by atoms with Crippen LogP contribution in [0, 0.1) is 5.92 Å². The SMILES string of the molecule is CC[C@@]1(c2ccccc2)NC(=O)N(NC(=O)c2ccc(CC(C)C)cc2)C1=O. The van der Waals surface area contributed by atoms with Crippen LogP contribution in [0.25, 0.3) is 0 Å². The van der Waals surface area contributed by atoms with Gasteiger partial charge in [-0.05, 0) is 42.0 Å². The quantitative estimate of drug-likeness (QED) is 0.755. The number of carbonyl (C=O) groups excluding carboxylic acids is 3. The molecule has 0 radical (unpaired) electrons. The van der Waals surface area contributed by atoms with Crippen molar-refractivity contribution < 1.29 is 14.4 Å². The first-order chi connectivity index (χ1) is 13.4. The van der Waals surface area contributed by atoms with Crippen LogP contribution in [0.4, 0.5) is 4.79 Å². The number of nitrogens with one attached hydrogen (secondary N) is 2. The number of hydrazine groups is 1. The van der Waals surface area contributed by atoms with Crippen molar-refractivity contribution in [3.8, 4) is 0 Å². The van der Waals surface area contributed by atoms with E-state index in [1.54, 1.807) is 24.3 Å². The van der Waals surface area contributed by atoms with E-state index in [9.17, 15) is 14.4 Å². The number of hydrogen-bond donors (Lipinski definition) is 2. The second kappa shape index (κ2) is 7.84. The lowest BCUT2D eigenvalue weighted by Gasteiger charge is -2.25. The topological polar surface area (TPSA) is 78.5 Å². The second-order valence-electron chi connectivity index (χ2n) is 7.43. The lowest BCUT2D eigenvalue weighted by molar-refractivity contribution is -0.133. The van der Waals surface area contributed by atoms with Gasteiger partial charge in [-0.2, -0.15) is 5.01 Å². The third-order valence-electron chi connectivity index (χ3n) is 4.96. The summed E-state index contributed by atoms with van der Waals surface area (Å²) in [6, 6.07) is 15.6. The minimum atomic E-state index is -1.17. The number of benzene rings is 2. The van der Waals surface area contributed by atoms with E-state index >= 15 is 0 Å². The van der Waals surface area contributed by atoms with E-state index in [4.69, 9.17) is 0 Å². The molecule has 28 heavy (non-hydrogen) atoms. The molecule has 1 fully saturated rings. The monoisotopic (exact) mass is 379 g/mol. The molecule has 3 rings (SSSR count). The zero-order valence-electron chi connectivity index (χ0n) is 16.4. The normalized spacial score (nSPS) is 19.1. The molecule has 0 bridgehead atoms. The third-order valence-corrected chi connectivity index (χ3v) is 4.96. The Balaban J connectivity index is 1.78. The highest BCUT2D eigenvalue weighted by atomic mass is 16.2. The number of urea groups is 1. The van der Waals surface area contributed by atoms with Crippen LogP contribution < -0.4 is 10.7 Å². The van der Waals surface area contributed by atoms with Gasteiger partial charge in [0.25, 0.3) is 11.8 Å². The summed E-state index contributed by atoms with van der Waals surface area (Å²) >= 11 is 0. The molecule has 4 amide bonds.